The molecule has 23 heavy (non-hydrogen) atoms. The van der Waals surface area contributed by atoms with Crippen molar-refractivity contribution >= 4 is 17.5 Å². The van der Waals surface area contributed by atoms with Crippen molar-refractivity contribution in [3.05, 3.63) is 41.3 Å². The number of nitrogens with one attached hydrogen (secondary N) is 1. The molecule has 1 aromatic heterocycles. The van der Waals surface area contributed by atoms with Gasteiger partial charge in [0.2, 0.25) is 5.95 Å². The smallest absolute Gasteiger partial charge is 0.229 e. The summed E-state index contributed by atoms with van der Waals surface area (Å²) < 4.78 is 13.5. The van der Waals surface area contributed by atoms with Crippen LogP contribution in [0.2, 0.25) is 0 Å². The Morgan fingerprint density at radius 3 is 2.48 bits per heavy atom. The predicted octanol–water partition coefficient (Wildman–Crippen LogP) is 4.47. The van der Waals surface area contributed by atoms with E-state index >= 15 is 0 Å². The minimum absolute atomic E-state index is 0.272. The molecule has 1 aromatic carbocycles. The first-order valence-electron chi connectivity index (χ1n) is 8.23. The molecule has 2 aromatic rings. The van der Waals surface area contributed by atoms with E-state index in [2.05, 4.69) is 41.0 Å². The van der Waals surface area contributed by atoms with E-state index in [1.165, 1.54) is 12.1 Å². The lowest BCUT2D eigenvalue weighted by Crippen LogP contribution is -2.23. The van der Waals surface area contributed by atoms with Crippen LogP contribution in [0.4, 0.5) is 21.8 Å². The second kappa shape index (κ2) is 7.90. The quantitative estimate of drug-likeness (QED) is 0.818. The molecule has 0 unspecified atom stereocenters. The molecule has 0 aliphatic carbocycles. The van der Waals surface area contributed by atoms with Crippen LogP contribution < -0.4 is 10.2 Å². The number of rotatable bonds is 7. The van der Waals surface area contributed by atoms with Gasteiger partial charge in [-0.3, -0.25) is 0 Å². The van der Waals surface area contributed by atoms with Gasteiger partial charge >= 0.3 is 0 Å². The van der Waals surface area contributed by atoms with Crippen molar-refractivity contribution in [1.82, 2.24) is 9.97 Å². The normalized spacial score (nSPS) is 10.7. The van der Waals surface area contributed by atoms with Crippen LogP contribution in [0.1, 0.15) is 38.4 Å². The fourth-order valence-electron chi connectivity index (χ4n) is 2.48. The average molecular weight is 316 g/mol. The van der Waals surface area contributed by atoms with Crippen LogP contribution in [-0.2, 0) is 6.42 Å². The van der Waals surface area contributed by atoms with Crippen LogP contribution in [0.25, 0.3) is 0 Å². The number of nitrogens with zero attached hydrogens (tertiary/aromatic N) is 3. The first-order chi connectivity index (χ1) is 11.1. The fraction of sp³-hybridized carbons (Fsp3) is 0.444. The lowest BCUT2D eigenvalue weighted by molar-refractivity contribution is 0.628. The highest BCUT2D eigenvalue weighted by Gasteiger charge is 2.10. The molecule has 1 heterocycles. The molecular formula is C18H25FN4. The molecule has 0 saturated carbocycles. The van der Waals surface area contributed by atoms with Gasteiger partial charge in [0.1, 0.15) is 11.6 Å². The van der Waals surface area contributed by atoms with E-state index in [4.69, 9.17) is 0 Å². The summed E-state index contributed by atoms with van der Waals surface area (Å²) >= 11 is 0. The van der Waals surface area contributed by atoms with Gasteiger partial charge < -0.3 is 10.2 Å². The summed E-state index contributed by atoms with van der Waals surface area (Å²) in [6.07, 6.45) is 1.92. The van der Waals surface area contributed by atoms with E-state index in [1.54, 1.807) is 6.07 Å². The van der Waals surface area contributed by atoms with Crippen molar-refractivity contribution in [2.45, 2.75) is 40.5 Å². The van der Waals surface area contributed by atoms with Crippen molar-refractivity contribution in [1.29, 1.82) is 0 Å². The van der Waals surface area contributed by atoms with E-state index in [0.29, 0.717) is 11.6 Å². The molecule has 0 spiro atoms. The molecule has 124 valence electrons. The summed E-state index contributed by atoms with van der Waals surface area (Å²) in [5, 5.41) is 3.17. The van der Waals surface area contributed by atoms with Crippen molar-refractivity contribution < 1.29 is 4.39 Å². The second-order valence-corrected chi connectivity index (χ2v) is 5.55. The molecule has 5 heteroatoms. The third-order valence-corrected chi connectivity index (χ3v) is 3.81. The predicted molar refractivity (Wildman–Crippen MR) is 94.0 cm³/mol. The van der Waals surface area contributed by atoms with Gasteiger partial charge in [0, 0.05) is 30.5 Å². The zero-order valence-corrected chi connectivity index (χ0v) is 14.4. The number of anilines is 3. The molecule has 0 amide bonds. The molecule has 2 rings (SSSR count). The van der Waals surface area contributed by atoms with E-state index in [1.807, 2.05) is 13.0 Å². The van der Waals surface area contributed by atoms with Crippen molar-refractivity contribution in [2.24, 2.45) is 0 Å². The SMILES string of the molecule is CCCc1cc(N(CC)CC)nc(Nc2cc(F)ccc2C)n1. The summed E-state index contributed by atoms with van der Waals surface area (Å²) in [5.74, 6) is 1.16. The van der Waals surface area contributed by atoms with Crippen molar-refractivity contribution in [3.63, 3.8) is 0 Å². The zero-order valence-electron chi connectivity index (χ0n) is 14.4. The molecule has 0 saturated heterocycles. The van der Waals surface area contributed by atoms with E-state index in [9.17, 15) is 4.39 Å². The standard InChI is InChI=1S/C18H25FN4/c1-5-8-15-12-17(23(6-2)7-3)22-18(20-15)21-16-11-14(19)10-9-13(16)4/h9-12H,5-8H2,1-4H3,(H,20,21,22). The van der Waals surface area contributed by atoms with Gasteiger partial charge in [-0.2, -0.15) is 4.98 Å². The number of hydrogen-bond donors (Lipinski definition) is 1. The summed E-state index contributed by atoms with van der Waals surface area (Å²) in [5.41, 5.74) is 2.66. The van der Waals surface area contributed by atoms with Gasteiger partial charge in [0.15, 0.2) is 0 Å². The monoisotopic (exact) mass is 316 g/mol. The van der Waals surface area contributed by atoms with Crippen LogP contribution in [0, 0.1) is 12.7 Å². The Morgan fingerprint density at radius 2 is 1.83 bits per heavy atom. The lowest BCUT2D eigenvalue weighted by atomic mass is 10.2. The maximum atomic E-state index is 13.5. The Bertz CT molecular complexity index is 653. The first kappa shape index (κ1) is 17.2. The topological polar surface area (TPSA) is 41.1 Å². The molecule has 0 aliphatic heterocycles. The van der Waals surface area contributed by atoms with Crippen LogP contribution >= 0.6 is 0 Å². The summed E-state index contributed by atoms with van der Waals surface area (Å²) in [6.45, 7) is 10.0. The Labute approximate surface area is 137 Å². The summed E-state index contributed by atoms with van der Waals surface area (Å²) in [6, 6.07) is 6.72. The number of aryl methyl sites for hydroxylation is 2. The Morgan fingerprint density at radius 1 is 1.09 bits per heavy atom. The van der Waals surface area contributed by atoms with Crippen LogP contribution in [0.5, 0.6) is 0 Å². The van der Waals surface area contributed by atoms with Crippen molar-refractivity contribution in [2.75, 3.05) is 23.3 Å². The highest BCUT2D eigenvalue weighted by Crippen LogP contribution is 2.22. The second-order valence-electron chi connectivity index (χ2n) is 5.55. The molecular weight excluding hydrogens is 291 g/mol. The third-order valence-electron chi connectivity index (χ3n) is 3.81. The molecule has 0 atom stereocenters. The van der Waals surface area contributed by atoms with Gasteiger partial charge in [0.05, 0.1) is 0 Å². The summed E-state index contributed by atoms with van der Waals surface area (Å²) in [7, 11) is 0. The Balaban J connectivity index is 2.38. The van der Waals surface area contributed by atoms with Crippen LogP contribution in [0.15, 0.2) is 24.3 Å². The lowest BCUT2D eigenvalue weighted by Gasteiger charge is -2.21. The largest absolute Gasteiger partial charge is 0.357 e. The van der Waals surface area contributed by atoms with E-state index in [-0.39, 0.29) is 5.82 Å². The molecule has 1 N–H and O–H groups in total. The number of aromatic nitrogens is 2. The molecule has 0 bridgehead atoms. The minimum Gasteiger partial charge on any atom is -0.357 e. The van der Waals surface area contributed by atoms with E-state index < -0.39 is 0 Å². The third kappa shape index (κ3) is 4.41. The fourth-order valence-corrected chi connectivity index (χ4v) is 2.48. The maximum absolute atomic E-state index is 13.5. The summed E-state index contributed by atoms with van der Waals surface area (Å²) in [4.78, 5) is 11.4. The highest BCUT2D eigenvalue weighted by atomic mass is 19.1. The maximum Gasteiger partial charge on any atom is 0.229 e. The minimum atomic E-state index is -0.272. The van der Waals surface area contributed by atoms with E-state index in [0.717, 1.165) is 43.0 Å². The number of hydrogen-bond acceptors (Lipinski definition) is 4. The van der Waals surface area contributed by atoms with Gasteiger partial charge in [-0.05, 0) is 44.9 Å². The molecule has 0 aliphatic rings. The molecule has 0 fully saturated rings. The molecule has 0 radical (unpaired) electrons. The Hall–Kier alpha value is -2.17. The van der Waals surface area contributed by atoms with Gasteiger partial charge in [-0.15, -0.1) is 0 Å². The highest BCUT2D eigenvalue weighted by molar-refractivity contribution is 5.59. The van der Waals surface area contributed by atoms with Crippen molar-refractivity contribution in [3.8, 4) is 0 Å². The van der Waals surface area contributed by atoms with Crippen LogP contribution in [0.3, 0.4) is 0 Å². The van der Waals surface area contributed by atoms with Gasteiger partial charge in [-0.25, -0.2) is 9.37 Å². The number of benzene rings is 1. The zero-order chi connectivity index (χ0) is 16.8. The van der Waals surface area contributed by atoms with Gasteiger partial charge in [0.25, 0.3) is 0 Å². The van der Waals surface area contributed by atoms with Gasteiger partial charge in [-0.1, -0.05) is 19.4 Å². The molecule has 4 nitrogen and oxygen atoms in total. The number of halogens is 1. The Kier molecular flexibility index (Phi) is 5.90. The van der Waals surface area contributed by atoms with Crippen LogP contribution in [-0.4, -0.2) is 23.1 Å². The average Bonchev–Trinajstić information content (AvgIpc) is 2.52. The first-order valence-corrected chi connectivity index (χ1v) is 8.23.